The predicted octanol–water partition coefficient (Wildman–Crippen LogP) is 5.44. The first-order valence-electron chi connectivity index (χ1n) is 9.01. The monoisotopic (exact) mass is 369 g/mol. The van der Waals surface area contributed by atoms with Crippen LogP contribution in [-0.4, -0.2) is 11.9 Å². The molecule has 0 radical (unpaired) electrons. The largest absolute Gasteiger partial charge is 0.457 e. The van der Waals surface area contributed by atoms with Gasteiger partial charge in [0.15, 0.2) is 5.70 Å². The molecule has 138 valence electrons. The molecule has 1 aliphatic rings. The lowest BCUT2D eigenvalue weighted by atomic mass is 10.1. The number of hydrogen-bond acceptors (Lipinski definition) is 4. The number of aryl methyl sites for hydroxylation is 2. The van der Waals surface area contributed by atoms with Crippen LogP contribution in [0, 0.1) is 13.8 Å². The molecule has 1 heterocycles. The SMILES string of the molecule is Cc1cc(C)cc(C2=NC(=Cc3cccc(Oc4ccccc4)c3)C(=O)O2)c1. The molecule has 0 spiro atoms. The quantitative estimate of drug-likeness (QED) is 0.454. The highest BCUT2D eigenvalue weighted by atomic mass is 16.6. The summed E-state index contributed by atoms with van der Waals surface area (Å²) in [7, 11) is 0. The summed E-state index contributed by atoms with van der Waals surface area (Å²) < 4.78 is 11.2. The Balaban J connectivity index is 1.60. The van der Waals surface area contributed by atoms with E-state index in [0.717, 1.165) is 28.0 Å². The molecule has 4 nitrogen and oxygen atoms in total. The number of para-hydroxylation sites is 1. The highest BCUT2D eigenvalue weighted by Gasteiger charge is 2.24. The first kappa shape index (κ1) is 17.7. The first-order valence-corrected chi connectivity index (χ1v) is 9.01. The van der Waals surface area contributed by atoms with Crippen molar-refractivity contribution in [1.29, 1.82) is 0 Å². The molecule has 3 aromatic rings. The van der Waals surface area contributed by atoms with E-state index >= 15 is 0 Å². The summed E-state index contributed by atoms with van der Waals surface area (Å²) in [4.78, 5) is 16.7. The van der Waals surface area contributed by atoms with Crippen molar-refractivity contribution in [1.82, 2.24) is 0 Å². The number of cyclic esters (lactones) is 1. The zero-order chi connectivity index (χ0) is 19.5. The molecule has 0 saturated heterocycles. The highest BCUT2D eigenvalue weighted by Crippen LogP contribution is 2.25. The second-order valence-corrected chi connectivity index (χ2v) is 6.70. The molecule has 28 heavy (non-hydrogen) atoms. The Kier molecular flexibility index (Phi) is 4.77. The molecule has 0 aromatic heterocycles. The minimum absolute atomic E-state index is 0.269. The zero-order valence-electron chi connectivity index (χ0n) is 15.7. The van der Waals surface area contributed by atoms with Crippen LogP contribution in [0.2, 0.25) is 0 Å². The van der Waals surface area contributed by atoms with Crippen LogP contribution in [0.25, 0.3) is 6.08 Å². The lowest BCUT2D eigenvalue weighted by Gasteiger charge is -2.05. The average Bonchev–Trinajstić information content (AvgIpc) is 3.03. The third-order valence-corrected chi connectivity index (χ3v) is 4.23. The van der Waals surface area contributed by atoms with E-state index in [4.69, 9.17) is 9.47 Å². The van der Waals surface area contributed by atoms with Crippen LogP contribution in [0.3, 0.4) is 0 Å². The number of carbonyl (C=O) groups excluding carboxylic acids is 1. The van der Waals surface area contributed by atoms with Crippen LogP contribution in [0.1, 0.15) is 22.3 Å². The molecule has 0 atom stereocenters. The summed E-state index contributed by atoms with van der Waals surface area (Å²) in [5, 5.41) is 0. The maximum absolute atomic E-state index is 12.3. The Labute approximate surface area is 163 Å². The van der Waals surface area contributed by atoms with Gasteiger partial charge in [-0.25, -0.2) is 9.79 Å². The van der Waals surface area contributed by atoms with Crippen molar-refractivity contribution in [2.75, 3.05) is 0 Å². The fourth-order valence-corrected chi connectivity index (χ4v) is 3.08. The number of aliphatic imine (C=N–C) groups is 1. The van der Waals surface area contributed by atoms with E-state index in [0.29, 0.717) is 11.6 Å². The number of nitrogens with zero attached hydrogens (tertiary/aromatic N) is 1. The topological polar surface area (TPSA) is 47.9 Å². The van der Waals surface area contributed by atoms with Crippen molar-refractivity contribution < 1.29 is 14.3 Å². The normalized spacial score (nSPS) is 14.7. The Morgan fingerprint density at radius 1 is 0.857 bits per heavy atom. The molecule has 0 aliphatic carbocycles. The smallest absolute Gasteiger partial charge is 0.363 e. The number of rotatable bonds is 4. The van der Waals surface area contributed by atoms with Gasteiger partial charge in [-0.3, -0.25) is 0 Å². The van der Waals surface area contributed by atoms with Crippen molar-refractivity contribution in [2.24, 2.45) is 4.99 Å². The summed E-state index contributed by atoms with van der Waals surface area (Å²) in [5.74, 6) is 1.32. The number of carbonyl (C=O) groups is 1. The molecule has 0 fully saturated rings. The Morgan fingerprint density at radius 2 is 1.57 bits per heavy atom. The van der Waals surface area contributed by atoms with Gasteiger partial charge in [-0.15, -0.1) is 0 Å². The van der Waals surface area contributed by atoms with Crippen LogP contribution in [-0.2, 0) is 9.53 Å². The first-order chi connectivity index (χ1) is 13.6. The number of hydrogen-bond donors (Lipinski definition) is 0. The lowest BCUT2D eigenvalue weighted by Crippen LogP contribution is -2.05. The molecule has 0 saturated carbocycles. The van der Waals surface area contributed by atoms with E-state index in [9.17, 15) is 4.79 Å². The fourth-order valence-electron chi connectivity index (χ4n) is 3.08. The van der Waals surface area contributed by atoms with Crippen molar-refractivity contribution >= 4 is 17.9 Å². The number of ether oxygens (including phenoxy) is 2. The molecule has 0 bridgehead atoms. The standard InChI is InChI=1S/C24H19NO3/c1-16-11-17(2)13-19(12-16)23-25-22(24(26)28-23)15-18-7-6-10-21(14-18)27-20-8-4-3-5-9-20/h3-15H,1-2H3. The van der Waals surface area contributed by atoms with Crippen molar-refractivity contribution in [3.8, 4) is 11.5 Å². The summed E-state index contributed by atoms with van der Waals surface area (Å²) in [5.41, 5.74) is 4.07. The van der Waals surface area contributed by atoms with Gasteiger partial charge in [-0.05, 0) is 61.9 Å². The minimum Gasteiger partial charge on any atom is -0.457 e. The van der Waals surface area contributed by atoms with E-state index < -0.39 is 5.97 Å². The third kappa shape index (κ3) is 4.01. The van der Waals surface area contributed by atoms with Gasteiger partial charge < -0.3 is 9.47 Å². The fraction of sp³-hybridized carbons (Fsp3) is 0.0833. The van der Waals surface area contributed by atoms with Gasteiger partial charge in [0.2, 0.25) is 5.90 Å². The van der Waals surface area contributed by atoms with Crippen molar-refractivity contribution in [2.45, 2.75) is 13.8 Å². The van der Waals surface area contributed by atoms with Gasteiger partial charge in [-0.1, -0.05) is 47.5 Å². The second kappa shape index (κ2) is 7.53. The Bertz CT molecular complexity index is 1080. The van der Waals surface area contributed by atoms with E-state index in [2.05, 4.69) is 11.1 Å². The molecule has 3 aromatic carbocycles. The van der Waals surface area contributed by atoms with Crippen LogP contribution < -0.4 is 4.74 Å². The third-order valence-electron chi connectivity index (χ3n) is 4.23. The molecule has 0 N–H and O–H groups in total. The number of esters is 1. The van der Waals surface area contributed by atoms with E-state index in [1.54, 1.807) is 6.08 Å². The van der Waals surface area contributed by atoms with Crippen LogP contribution >= 0.6 is 0 Å². The minimum atomic E-state index is -0.455. The average molecular weight is 369 g/mol. The van der Waals surface area contributed by atoms with Gasteiger partial charge in [0.1, 0.15) is 11.5 Å². The maximum Gasteiger partial charge on any atom is 0.363 e. The number of benzene rings is 3. The summed E-state index contributed by atoms with van der Waals surface area (Å²) in [6.45, 7) is 4.01. The molecule has 0 unspecified atom stereocenters. The van der Waals surface area contributed by atoms with E-state index in [-0.39, 0.29) is 5.70 Å². The summed E-state index contributed by atoms with van der Waals surface area (Å²) in [6.07, 6.45) is 1.70. The zero-order valence-corrected chi connectivity index (χ0v) is 15.7. The Morgan fingerprint density at radius 3 is 2.32 bits per heavy atom. The van der Waals surface area contributed by atoms with Gasteiger partial charge in [-0.2, -0.15) is 0 Å². The van der Waals surface area contributed by atoms with Crippen LogP contribution in [0.5, 0.6) is 11.5 Å². The molecule has 4 rings (SSSR count). The predicted molar refractivity (Wildman–Crippen MR) is 109 cm³/mol. The van der Waals surface area contributed by atoms with Crippen molar-refractivity contribution in [3.63, 3.8) is 0 Å². The van der Waals surface area contributed by atoms with E-state index in [1.807, 2.05) is 80.6 Å². The van der Waals surface area contributed by atoms with E-state index in [1.165, 1.54) is 0 Å². The van der Waals surface area contributed by atoms with Crippen LogP contribution in [0.4, 0.5) is 0 Å². The van der Waals surface area contributed by atoms with Crippen LogP contribution in [0.15, 0.2) is 83.5 Å². The molecular weight excluding hydrogens is 350 g/mol. The summed E-state index contributed by atoms with van der Waals surface area (Å²) in [6, 6.07) is 23.0. The highest BCUT2D eigenvalue weighted by molar-refractivity contribution is 6.13. The molecule has 1 aliphatic heterocycles. The molecular formula is C24H19NO3. The second-order valence-electron chi connectivity index (χ2n) is 6.70. The maximum atomic E-state index is 12.3. The molecule has 4 heteroatoms. The molecule has 0 amide bonds. The lowest BCUT2D eigenvalue weighted by molar-refractivity contribution is -0.129. The van der Waals surface area contributed by atoms with Gasteiger partial charge in [0.05, 0.1) is 0 Å². The van der Waals surface area contributed by atoms with Crippen molar-refractivity contribution in [3.05, 3.63) is 101 Å². The summed E-state index contributed by atoms with van der Waals surface area (Å²) >= 11 is 0. The Hall–Kier alpha value is -3.66. The van der Waals surface area contributed by atoms with Gasteiger partial charge in [0, 0.05) is 5.56 Å². The van der Waals surface area contributed by atoms with Gasteiger partial charge in [0.25, 0.3) is 0 Å². The van der Waals surface area contributed by atoms with Gasteiger partial charge >= 0.3 is 5.97 Å².